The second-order valence-electron chi connectivity index (χ2n) is 4.33. The van der Waals surface area contributed by atoms with E-state index in [1.54, 1.807) is 6.07 Å². The maximum Gasteiger partial charge on any atom is 0.145 e. The van der Waals surface area contributed by atoms with Gasteiger partial charge in [0, 0.05) is 6.61 Å². The number of benzene rings is 2. The van der Waals surface area contributed by atoms with Gasteiger partial charge in [0.15, 0.2) is 0 Å². The SMILES string of the molecule is Cc1ccc(C#N)c(Oc2ccc(CCO)cc2)c1. The first-order chi connectivity index (χ1) is 9.22. The van der Waals surface area contributed by atoms with Crippen LogP contribution in [-0.4, -0.2) is 11.7 Å². The second-order valence-corrected chi connectivity index (χ2v) is 4.33. The van der Waals surface area contributed by atoms with Gasteiger partial charge in [0.05, 0.1) is 5.56 Å². The molecule has 0 heterocycles. The highest BCUT2D eigenvalue weighted by molar-refractivity contribution is 5.47. The molecule has 2 rings (SSSR count). The van der Waals surface area contributed by atoms with Gasteiger partial charge in [-0.1, -0.05) is 18.2 Å². The minimum Gasteiger partial charge on any atom is -0.456 e. The van der Waals surface area contributed by atoms with Crippen molar-refractivity contribution in [2.75, 3.05) is 6.61 Å². The molecule has 2 aromatic rings. The molecule has 1 N–H and O–H groups in total. The highest BCUT2D eigenvalue weighted by Gasteiger charge is 2.05. The van der Waals surface area contributed by atoms with E-state index in [2.05, 4.69) is 6.07 Å². The zero-order chi connectivity index (χ0) is 13.7. The lowest BCUT2D eigenvalue weighted by Crippen LogP contribution is -1.92. The Kier molecular flexibility index (Phi) is 4.17. The quantitative estimate of drug-likeness (QED) is 0.910. The largest absolute Gasteiger partial charge is 0.456 e. The summed E-state index contributed by atoms with van der Waals surface area (Å²) in [6, 6.07) is 15.1. The summed E-state index contributed by atoms with van der Waals surface area (Å²) in [6.45, 7) is 2.09. The van der Waals surface area contributed by atoms with Crippen molar-refractivity contribution in [3.05, 3.63) is 59.2 Å². The van der Waals surface area contributed by atoms with Crippen LogP contribution in [0.25, 0.3) is 0 Å². The molecule has 0 atom stereocenters. The number of aliphatic hydroxyl groups excluding tert-OH is 1. The fourth-order valence-corrected chi connectivity index (χ4v) is 1.79. The van der Waals surface area contributed by atoms with Crippen molar-refractivity contribution < 1.29 is 9.84 Å². The van der Waals surface area contributed by atoms with Crippen LogP contribution in [0.3, 0.4) is 0 Å². The highest BCUT2D eigenvalue weighted by atomic mass is 16.5. The molecule has 19 heavy (non-hydrogen) atoms. The summed E-state index contributed by atoms with van der Waals surface area (Å²) in [7, 11) is 0. The molecule has 3 heteroatoms. The van der Waals surface area contributed by atoms with Gasteiger partial charge in [-0.15, -0.1) is 0 Å². The van der Waals surface area contributed by atoms with E-state index in [4.69, 9.17) is 15.1 Å². The van der Waals surface area contributed by atoms with Crippen molar-refractivity contribution in [3.8, 4) is 17.6 Å². The number of ether oxygens (including phenoxy) is 1. The van der Waals surface area contributed by atoms with Gasteiger partial charge in [-0.3, -0.25) is 0 Å². The van der Waals surface area contributed by atoms with Crippen molar-refractivity contribution >= 4 is 0 Å². The maximum atomic E-state index is 9.04. The standard InChI is InChI=1S/C16H15NO2/c1-12-2-5-14(11-17)16(10-12)19-15-6-3-13(4-7-15)8-9-18/h2-7,10,18H,8-9H2,1H3. The Labute approximate surface area is 112 Å². The van der Waals surface area contributed by atoms with Crippen LogP contribution in [0.5, 0.6) is 11.5 Å². The zero-order valence-corrected chi connectivity index (χ0v) is 10.8. The van der Waals surface area contributed by atoms with Crippen molar-refractivity contribution in [1.82, 2.24) is 0 Å². The molecule has 2 aromatic carbocycles. The van der Waals surface area contributed by atoms with Crippen molar-refractivity contribution in [2.24, 2.45) is 0 Å². The first-order valence-electron chi connectivity index (χ1n) is 6.11. The number of hydrogen-bond acceptors (Lipinski definition) is 3. The monoisotopic (exact) mass is 253 g/mol. The number of aryl methyl sites for hydroxylation is 1. The number of rotatable bonds is 4. The van der Waals surface area contributed by atoms with Crippen molar-refractivity contribution in [3.63, 3.8) is 0 Å². The predicted molar refractivity (Wildman–Crippen MR) is 73.2 cm³/mol. The lowest BCUT2D eigenvalue weighted by atomic mass is 10.1. The van der Waals surface area contributed by atoms with Crippen molar-refractivity contribution in [1.29, 1.82) is 5.26 Å². The summed E-state index contributed by atoms with van der Waals surface area (Å²) in [5, 5.41) is 17.9. The van der Waals surface area contributed by atoms with E-state index in [1.807, 2.05) is 43.3 Å². The number of nitriles is 1. The second kappa shape index (κ2) is 6.03. The molecule has 0 radical (unpaired) electrons. The van der Waals surface area contributed by atoms with Gasteiger partial charge in [0.2, 0.25) is 0 Å². The molecule has 0 aliphatic carbocycles. The molecule has 0 unspecified atom stereocenters. The summed E-state index contributed by atoms with van der Waals surface area (Å²) in [5.41, 5.74) is 2.62. The third-order valence-electron chi connectivity index (χ3n) is 2.81. The van der Waals surface area contributed by atoms with Crippen LogP contribution in [0.2, 0.25) is 0 Å². The Morgan fingerprint density at radius 2 is 1.89 bits per heavy atom. The molecule has 0 saturated heterocycles. The molecule has 0 aliphatic heterocycles. The lowest BCUT2D eigenvalue weighted by Gasteiger charge is -2.09. The Morgan fingerprint density at radius 1 is 1.16 bits per heavy atom. The summed E-state index contributed by atoms with van der Waals surface area (Å²) in [4.78, 5) is 0. The molecule has 3 nitrogen and oxygen atoms in total. The Bertz CT molecular complexity index is 597. The van der Waals surface area contributed by atoms with E-state index in [0.717, 1.165) is 11.1 Å². The molecule has 0 spiro atoms. The van der Waals surface area contributed by atoms with Crippen LogP contribution in [0, 0.1) is 18.3 Å². The van der Waals surface area contributed by atoms with Crippen LogP contribution < -0.4 is 4.74 Å². The summed E-state index contributed by atoms with van der Waals surface area (Å²) in [6.07, 6.45) is 0.633. The van der Waals surface area contributed by atoms with Crippen LogP contribution >= 0.6 is 0 Å². The third kappa shape index (κ3) is 3.34. The number of nitrogens with zero attached hydrogens (tertiary/aromatic N) is 1. The first kappa shape index (κ1) is 13.1. The predicted octanol–water partition coefficient (Wildman–Crippen LogP) is 3.19. The van der Waals surface area contributed by atoms with Gasteiger partial charge in [-0.2, -0.15) is 5.26 Å². The van der Waals surface area contributed by atoms with E-state index in [-0.39, 0.29) is 6.61 Å². The molecule has 0 aromatic heterocycles. The van der Waals surface area contributed by atoms with E-state index in [0.29, 0.717) is 23.5 Å². The van der Waals surface area contributed by atoms with Crippen LogP contribution in [-0.2, 0) is 6.42 Å². The molecule has 96 valence electrons. The smallest absolute Gasteiger partial charge is 0.145 e. The molecule has 0 amide bonds. The highest BCUT2D eigenvalue weighted by Crippen LogP contribution is 2.26. The average Bonchev–Trinajstić information content (AvgIpc) is 2.42. The van der Waals surface area contributed by atoms with E-state index >= 15 is 0 Å². The number of hydrogen-bond donors (Lipinski definition) is 1. The van der Waals surface area contributed by atoms with E-state index in [9.17, 15) is 0 Å². The van der Waals surface area contributed by atoms with Crippen molar-refractivity contribution in [2.45, 2.75) is 13.3 Å². The van der Waals surface area contributed by atoms with Gasteiger partial charge in [0.25, 0.3) is 0 Å². The first-order valence-corrected chi connectivity index (χ1v) is 6.11. The normalized spacial score (nSPS) is 9.95. The Morgan fingerprint density at radius 3 is 2.53 bits per heavy atom. The van der Waals surface area contributed by atoms with Crippen LogP contribution in [0.15, 0.2) is 42.5 Å². The Hall–Kier alpha value is -2.31. The van der Waals surface area contributed by atoms with E-state index < -0.39 is 0 Å². The molecule has 0 saturated carbocycles. The molecule has 0 bridgehead atoms. The minimum atomic E-state index is 0.136. The topological polar surface area (TPSA) is 53.2 Å². The Balaban J connectivity index is 2.21. The van der Waals surface area contributed by atoms with Crippen LogP contribution in [0.1, 0.15) is 16.7 Å². The average molecular weight is 253 g/mol. The number of aliphatic hydroxyl groups is 1. The van der Waals surface area contributed by atoms with Gasteiger partial charge in [0.1, 0.15) is 17.6 Å². The van der Waals surface area contributed by atoms with Crippen LogP contribution in [0.4, 0.5) is 0 Å². The fourth-order valence-electron chi connectivity index (χ4n) is 1.79. The fraction of sp³-hybridized carbons (Fsp3) is 0.188. The van der Waals surface area contributed by atoms with Gasteiger partial charge in [-0.05, 0) is 48.7 Å². The summed E-state index contributed by atoms with van der Waals surface area (Å²) < 4.78 is 5.73. The molecular weight excluding hydrogens is 238 g/mol. The summed E-state index contributed by atoms with van der Waals surface area (Å²) >= 11 is 0. The van der Waals surface area contributed by atoms with Gasteiger partial charge >= 0.3 is 0 Å². The molecule has 0 aliphatic rings. The third-order valence-corrected chi connectivity index (χ3v) is 2.81. The minimum absolute atomic E-state index is 0.136. The van der Waals surface area contributed by atoms with Gasteiger partial charge in [-0.25, -0.2) is 0 Å². The molecular formula is C16H15NO2. The summed E-state index contributed by atoms with van der Waals surface area (Å²) in [5.74, 6) is 1.25. The molecule has 0 fully saturated rings. The zero-order valence-electron chi connectivity index (χ0n) is 10.8. The lowest BCUT2D eigenvalue weighted by molar-refractivity contribution is 0.299. The maximum absolute atomic E-state index is 9.04. The van der Waals surface area contributed by atoms with Gasteiger partial charge < -0.3 is 9.84 Å². The van der Waals surface area contributed by atoms with E-state index in [1.165, 1.54) is 0 Å².